The van der Waals surface area contributed by atoms with Crippen molar-refractivity contribution in [1.82, 2.24) is 4.90 Å². The third kappa shape index (κ3) is 3.77. The van der Waals surface area contributed by atoms with Gasteiger partial charge in [-0.2, -0.15) is 0 Å². The number of hydrogen-bond donors (Lipinski definition) is 2. The van der Waals surface area contributed by atoms with Crippen LogP contribution in [0.4, 0.5) is 4.39 Å². The van der Waals surface area contributed by atoms with E-state index in [1.165, 1.54) is 12.1 Å². The quantitative estimate of drug-likeness (QED) is 0.792. The molecule has 0 amide bonds. The molecule has 2 unspecified atom stereocenters. The Morgan fingerprint density at radius 1 is 1.35 bits per heavy atom. The minimum absolute atomic E-state index is 0.00718. The summed E-state index contributed by atoms with van der Waals surface area (Å²) in [5.74, 6) is -0.248. The molecule has 0 aliphatic rings. The van der Waals surface area contributed by atoms with Gasteiger partial charge in [-0.1, -0.05) is 19.1 Å². The lowest BCUT2D eigenvalue weighted by Crippen LogP contribution is -2.40. The maximum atomic E-state index is 12.9. The standard InChI is InChI=1S/C13H21FN2O/c1-3-12(15)13(16(2)8-9-17)10-4-6-11(14)7-5-10/h4-7,12-13,17H,3,8-9,15H2,1-2H3. The molecule has 17 heavy (non-hydrogen) atoms. The fraction of sp³-hybridized carbons (Fsp3) is 0.538. The Morgan fingerprint density at radius 2 is 1.94 bits per heavy atom. The van der Waals surface area contributed by atoms with Gasteiger partial charge in [-0.15, -0.1) is 0 Å². The molecule has 96 valence electrons. The number of nitrogens with zero attached hydrogens (tertiary/aromatic N) is 1. The highest BCUT2D eigenvalue weighted by Crippen LogP contribution is 2.23. The first-order valence-corrected chi connectivity index (χ1v) is 5.92. The van der Waals surface area contributed by atoms with Crippen molar-refractivity contribution in [3.63, 3.8) is 0 Å². The van der Waals surface area contributed by atoms with E-state index >= 15 is 0 Å². The highest BCUT2D eigenvalue weighted by molar-refractivity contribution is 5.21. The molecule has 0 fully saturated rings. The Kier molecular flexibility index (Phi) is 5.55. The van der Waals surface area contributed by atoms with Crippen LogP contribution in [-0.4, -0.2) is 36.2 Å². The van der Waals surface area contributed by atoms with E-state index in [2.05, 4.69) is 0 Å². The van der Waals surface area contributed by atoms with E-state index in [0.29, 0.717) is 6.54 Å². The Balaban J connectivity index is 2.93. The molecule has 2 atom stereocenters. The predicted octanol–water partition coefficient (Wildman–Crippen LogP) is 1.53. The molecular weight excluding hydrogens is 219 g/mol. The molecule has 0 bridgehead atoms. The summed E-state index contributed by atoms with van der Waals surface area (Å²) in [6.45, 7) is 2.66. The molecule has 3 nitrogen and oxygen atoms in total. The summed E-state index contributed by atoms with van der Waals surface area (Å²) in [4.78, 5) is 2.00. The summed E-state index contributed by atoms with van der Waals surface area (Å²) in [5, 5.41) is 8.99. The second-order valence-corrected chi connectivity index (χ2v) is 4.27. The van der Waals surface area contributed by atoms with E-state index in [9.17, 15) is 4.39 Å². The Labute approximate surface area is 102 Å². The van der Waals surface area contributed by atoms with Crippen molar-refractivity contribution in [3.8, 4) is 0 Å². The van der Waals surface area contributed by atoms with Crippen LogP contribution in [0.15, 0.2) is 24.3 Å². The maximum absolute atomic E-state index is 12.9. The molecule has 1 aromatic rings. The van der Waals surface area contributed by atoms with E-state index in [4.69, 9.17) is 10.8 Å². The first-order chi connectivity index (χ1) is 8.10. The van der Waals surface area contributed by atoms with Crippen LogP contribution in [0.2, 0.25) is 0 Å². The number of likely N-dealkylation sites (N-methyl/N-ethyl adjacent to an activating group) is 1. The van der Waals surface area contributed by atoms with E-state index in [1.807, 2.05) is 18.9 Å². The molecule has 0 saturated carbocycles. The lowest BCUT2D eigenvalue weighted by molar-refractivity contribution is 0.161. The summed E-state index contributed by atoms with van der Waals surface area (Å²) in [5.41, 5.74) is 7.08. The normalized spacial score (nSPS) is 14.9. The number of hydrogen-bond acceptors (Lipinski definition) is 3. The third-order valence-electron chi connectivity index (χ3n) is 3.02. The number of aliphatic hydroxyl groups excluding tert-OH is 1. The van der Waals surface area contributed by atoms with Gasteiger partial charge in [0.25, 0.3) is 0 Å². The minimum Gasteiger partial charge on any atom is -0.395 e. The highest BCUT2D eigenvalue weighted by atomic mass is 19.1. The smallest absolute Gasteiger partial charge is 0.123 e. The Morgan fingerprint density at radius 3 is 2.41 bits per heavy atom. The van der Waals surface area contributed by atoms with Crippen LogP contribution < -0.4 is 5.73 Å². The van der Waals surface area contributed by atoms with E-state index < -0.39 is 0 Å². The first-order valence-electron chi connectivity index (χ1n) is 5.92. The van der Waals surface area contributed by atoms with Gasteiger partial charge in [-0.25, -0.2) is 4.39 Å². The SMILES string of the molecule is CCC(N)C(c1ccc(F)cc1)N(C)CCO. The van der Waals surface area contributed by atoms with Crippen molar-refractivity contribution in [2.75, 3.05) is 20.2 Å². The van der Waals surface area contributed by atoms with Gasteiger partial charge in [0.15, 0.2) is 0 Å². The predicted molar refractivity (Wildman–Crippen MR) is 67.1 cm³/mol. The van der Waals surface area contributed by atoms with Gasteiger partial charge in [0.2, 0.25) is 0 Å². The Bertz CT molecular complexity index is 329. The molecule has 3 N–H and O–H groups in total. The molecule has 1 aromatic carbocycles. The number of nitrogens with two attached hydrogens (primary N) is 1. The molecule has 0 aromatic heterocycles. The second-order valence-electron chi connectivity index (χ2n) is 4.27. The summed E-state index contributed by atoms with van der Waals surface area (Å²) in [7, 11) is 1.92. The maximum Gasteiger partial charge on any atom is 0.123 e. The fourth-order valence-electron chi connectivity index (χ4n) is 2.01. The van der Waals surface area contributed by atoms with E-state index in [0.717, 1.165) is 12.0 Å². The molecule has 0 aliphatic carbocycles. The summed E-state index contributed by atoms with van der Waals surface area (Å²) in [6, 6.07) is 6.37. The van der Waals surface area contributed by atoms with Gasteiger partial charge < -0.3 is 10.8 Å². The van der Waals surface area contributed by atoms with Crippen LogP contribution in [0.5, 0.6) is 0 Å². The van der Waals surface area contributed by atoms with Crippen molar-refractivity contribution < 1.29 is 9.50 Å². The average molecular weight is 240 g/mol. The van der Waals surface area contributed by atoms with Crippen molar-refractivity contribution in [2.24, 2.45) is 5.73 Å². The van der Waals surface area contributed by atoms with Crippen LogP contribution in [0.1, 0.15) is 24.9 Å². The van der Waals surface area contributed by atoms with Crippen molar-refractivity contribution in [1.29, 1.82) is 0 Å². The number of halogens is 1. The molecule has 0 radical (unpaired) electrons. The lowest BCUT2D eigenvalue weighted by atomic mass is 9.96. The molecule has 0 saturated heterocycles. The lowest BCUT2D eigenvalue weighted by Gasteiger charge is -2.32. The van der Waals surface area contributed by atoms with Crippen LogP contribution in [0.25, 0.3) is 0 Å². The summed E-state index contributed by atoms with van der Waals surface area (Å²) >= 11 is 0. The van der Waals surface area contributed by atoms with Gasteiger partial charge in [0.1, 0.15) is 5.82 Å². The van der Waals surface area contributed by atoms with Crippen LogP contribution >= 0.6 is 0 Å². The molecule has 1 rings (SSSR count). The van der Waals surface area contributed by atoms with Gasteiger partial charge >= 0.3 is 0 Å². The second kappa shape index (κ2) is 6.69. The molecule has 0 aliphatic heterocycles. The summed E-state index contributed by atoms with van der Waals surface area (Å²) in [6.07, 6.45) is 0.831. The van der Waals surface area contributed by atoms with Gasteiger partial charge in [-0.05, 0) is 31.2 Å². The third-order valence-corrected chi connectivity index (χ3v) is 3.02. The average Bonchev–Trinajstić information content (AvgIpc) is 2.32. The zero-order valence-electron chi connectivity index (χ0n) is 10.4. The van der Waals surface area contributed by atoms with Crippen molar-refractivity contribution >= 4 is 0 Å². The number of aliphatic hydroxyl groups is 1. The van der Waals surface area contributed by atoms with Gasteiger partial charge in [0.05, 0.1) is 6.61 Å². The fourth-order valence-corrected chi connectivity index (χ4v) is 2.01. The van der Waals surface area contributed by atoms with Crippen molar-refractivity contribution in [3.05, 3.63) is 35.6 Å². The van der Waals surface area contributed by atoms with Crippen LogP contribution in [0.3, 0.4) is 0 Å². The largest absolute Gasteiger partial charge is 0.395 e. The zero-order chi connectivity index (χ0) is 12.8. The monoisotopic (exact) mass is 240 g/mol. The summed E-state index contributed by atoms with van der Waals surface area (Å²) < 4.78 is 12.9. The van der Waals surface area contributed by atoms with Gasteiger partial charge in [0, 0.05) is 18.6 Å². The Hall–Kier alpha value is -0.970. The molecular formula is C13H21FN2O. The highest BCUT2D eigenvalue weighted by Gasteiger charge is 2.22. The first kappa shape index (κ1) is 14.1. The van der Waals surface area contributed by atoms with Crippen LogP contribution in [-0.2, 0) is 0 Å². The number of rotatable bonds is 6. The molecule has 0 heterocycles. The van der Waals surface area contributed by atoms with E-state index in [1.54, 1.807) is 12.1 Å². The van der Waals surface area contributed by atoms with E-state index in [-0.39, 0.29) is 24.5 Å². The van der Waals surface area contributed by atoms with Crippen molar-refractivity contribution in [2.45, 2.75) is 25.4 Å². The zero-order valence-corrected chi connectivity index (χ0v) is 10.4. The van der Waals surface area contributed by atoms with Crippen LogP contribution in [0, 0.1) is 5.82 Å². The minimum atomic E-state index is -0.248. The van der Waals surface area contributed by atoms with Gasteiger partial charge in [-0.3, -0.25) is 4.90 Å². The topological polar surface area (TPSA) is 49.5 Å². The molecule has 0 spiro atoms. The molecule has 4 heteroatoms. The number of benzene rings is 1.